The van der Waals surface area contributed by atoms with Crippen LogP contribution in [0, 0.1) is 0 Å². The summed E-state index contributed by atoms with van der Waals surface area (Å²) in [5, 5.41) is 13.1. The molecule has 1 rings (SSSR count). The zero-order valence-corrected chi connectivity index (χ0v) is 13.5. The van der Waals surface area contributed by atoms with Crippen molar-refractivity contribution in [3.05, 3.63) is 29.6 Å². The minimum Gasteiger partial charge on any atom is -0.389 e. The summed E-state index contributed by atoms with van der Waals surface area (Å²) in [5.41, 5.74) is 2.32. The second kappa shape index (κ2) is 11.7. The highest BCUT2D eigenvalue weighted by atomic mass is 16.5. The van der Waals surface area contributed by atoms with Gasteiger partial charge in [0.1, 0.15) is 0 Å². The number of hydrogen-bond donors (Lipinski definition) is 2. The molecule has 1 unspecified atom stereocenters. The first kappa shape index (κ1) is 18.1. The van der Waals surface area contributed by atoms with Crippen molar-refractivity contribution >= 4 is 0 Å². The third-order valence-electron chi connectivity index (χ3n) is 3.49. The molecule has 4 heteroatoms. The van der Waals surface area contributed by atoms with Crippen molar-refractivity contribution in [2.75, 3.05) is 19.8 Å². The van der Waals surface area contributed by atoms with Crippen LogP contribution >= 0.6 is 0 Å². The van der Waals surface area contributed by atoms with Crippen LogP contribution in [0.1, 0.15) is 50.8 Å². The Labute approximate surface area is 128 Å². The lowest BCUT2D eigenvalue weighted by atomic mass is 10.1. The summed E-state index contributed by atoms with van der Waals surface area (Å²) in [6.45, 7) is 6.70. The number of rotatable bonds is 12. The van der Waals surface area contributed by atoms with Crippen molar-refractivity contribution in [3.8, 4) is 0 Å². The Morgan fingerprint density at radius 3 is 2.90 bits per heavy atom. The van der Waals surface area contributed by atoms with Gasteiger partial charge in [0.05, 0.1) is 18.4 Å². The summed E-state index contributed by atoms with van der Waals surface area (Å²) < 4.78 is 5.48. The zero-order chi connectivity index (χ0) is 15.3. The first-order valence-electron chi connectivity index (χ1n) is 8.17. The van der Waals surface area contributed by atoms with Crippen LogP contribution in [-0.4, -0.2) is 36.0 Å². The van der Waals surface area contributed by atoms with Gasteiger partial charge in [0.25, 0.3) is 0 Å². The van der Waals surface area contributed by atoms with Crippen LogP contribution < -0.4 is 5.32 Å². The van der Waals surface area contributed by atoms with Crippen LogP contribution in [0.25, 0.3) is 0 Å². The predicted molar refractivity (Wildman–Crippen MR) is 86.3 cm³/mol. The molecule has 120 valence electrons. The van der Waals surface area contributed by atoms with Crippen LogP contribution in [0.15, 0.2) is 18.3 Å². The highest BCUT2D eigenvalue weighted by molar-refractivity contribution is 5.19. The molecule has 1 aromatic rings. The number of pyridine rings is 1. The second-order valence-electron chi connectivity index (χ2n) is 5.38. The van der Waals surface area contributed by atoms with Gasteiger partial charge >= 0.3 is 0 Å². The van der Waals surface area contributed by atoms with E-state index in [9.17, 15) is 5.11 Å². The van der Waals surface area contributed by atoms with Crippen LogP contribution in [0.3, 0.4) is 0 Å². The topological polar surface area (TPSA) is 54.4 Å². The lowest BCUT2D eigenvalue weighted by Gasteiger charge is -2.13. The fraction of sp³-hybridized carbons (Fsp3) is 0.706. The molecule has 1 heterocycles. The van der Waals surface area contributed by atoms with Gasteiger partial charge in [-0.1, -0.05) is 39.2 Å². The average molecular weight is 294 g/mol. The number of hydrogen-bond acceptors (Lipinski definition) is 4. The van der Waals surface area contributed by atoms with Crippen LogP contribution in [0.4, 0.5) is 0 Å². The van der Waals surface area contributed by atoms with Crippen LogP contribution in [0.5, 0.6) is 0 Å². The standard InChI is InChI=1S/C17H30N2O2/c1-3-5-6-7-11-21-14-16(20)12-18-13-17-15(4-2)9-8-10-19-17/h8-10,16,18,20H,3-7,11-14H2,1-2H3. The molecule has 4 nitrogen and oxygen atoms in total. The van der Waals surface area contributed by atoms with E-state index in [-0.39, 0.29) is 0 Å². The van der Waals surface area contributed by atoms with Crippen molar-refractivity contribution in [1.29, 1.82) is 0 Å². The van der Waals surface area contributed by atoms with E-state index in [0.29, 0.717) is 19.7 Å². The first-order valence-corrected chi connectivity index (χ1v) is 8.17. The molecule has 0 spiro atoms. The smallest absolute Gasteiger partial charge is 0.0897 e. The molecule has 0 aromatic carbocycles. The molecule has 1 aromatic heterocycles. The summed E-state index contributed by atoms with van der Waals surface area (Å²) in [6.07, 6.45) is 7.13. The molecule has 0 aliphatic rings. The highest BCUT2D eigenvalue weighted by Crippen LogP contribution is 2.05. The molecule has 0 saturated heterocycles. The van der Waals surface area contributed by atoms with Gasteiger partial charge in [0.15, 0.2) is 0 Å². The molecular formula is C17H30N2O2. The molecular weight excluding hydrogens is 264 g/mol. The summed E-state index contributed by atoms with van der Waals surface area (Å²) in [7, 11) is 0. The zero-order valence-electron chi connectivity index (χ0n) is 13.5. The number of nitrogens with one attached hydrogen (secondary N) is 1. The van der Waals surface area contributed by atoms with Gasteiger partial charge in [-0.3, -0.25) is 4.98 Å². The second-order valence-corrected chi connectivity index (χ2v) is 5.38. The molecule has 0 fully saturated rings. The molecule has 0 aliphatic heterocycles. The molecule has 2 N–H and O–H groups in total. The summed E-state index contributed by atoms with van der Waals surface area (Å²) in [5.74, 6) is 0. The number of nitrogens with zero attached hydrogens (tertiary/aromatic N) is 1. The van der Waals surface area contributed by atoms with E-state index in [0.717, 1.165) is 25.1 Å². The van der Waals surface area contributed by atoms with Gasteiger partial charge in [-0.05, 0) is 24.5 Å². The number of aliphatic hydroxyl groups excluding tert-OH is 1. The molecule has 0 amide bonds. The number of ether oxygens (including phenoxy) is 1. The molecule has 21 heavy (non-hydrogen) atoms. The van der Waals surface area contributed by atoms with Gasteiger partial charge < -0.3 is 15.2 Å². The molecule has 0 radical (unpaired) electrons. The Hall–Kier alpha value is -0.970. The fourth-order valence-electron chi connectivity index (χ4n) is 2.22. The summed E-state index contributed by atoms with van der Waals surface area (Å²) in [6, 6.07) is 4.06. The van der Waals surface area contributed by atoms with Gasteiger partial charge in [0, 0.05) is 25.9 Å². The number of aromatic nitrogens is 1. The van der Waals surface area contributed by atoms with E-state index < -0.39 is 6.10 Å². The van der Waals surface area contributed by atoms with E-state index in [1.807, 2.05) is 12.3 Å². The minimum atomic E-state index is -0.454. The predicted octanol–water partition coefficient (Wildman–Crippen LogP) is 2.69. The van der Waals surface area contributed by atoms with Crippen LogP contribution in [0.2, 0.25) is 0 Å². The Bertz CT molecular complexity index is 372. The van der Waals surface area contributed by atoms with E-state index in [2.05, 4.69) is 30.2 Å². The van der Waals surface area contributed by atoms with Crippen molar-refractivity contribution in [3.63, 3.8) is 0 Å². The Kier molecular flexibility index (Phi) is 10.0. The summed E-state index contributed by atoms with van der Waals surface area (Å²) in [4.78, 5) is 4.37. The number of aliphatic hydroxyl groups is 1. The first-order chi connectivity index (χ1) is 10.3. The van der Waals surface area contributed by atoms with Gasteiger partial charge in [0.2, 0.25) is 0 Å². The lowest BCUT2D eigenvalue weighted by molar-refractivity contribution is 0.0353. The van der Waals surface area contributed by atoms with Crippen molar-refractivity contribution in [2.45, 2.75) is 58.6 Å². The van der Waals surface area contributed by atoms with Crippen molar-refractivity contribution in [2.24, 2.45) is 0 Å². The Balaban J connectivity index is 2.09. The summed E-state index contributed by atoms with van der Waals surface area (Å²) >= 11 is 0. The van der Waals surface area contributed by atoms with E-state index in [4.69, 9.17) is 4.74 Å². The maximum atomic E-state index is 9.85. The van der Waals surface area contributed by atoms with Gasteiger partial charge in [-0.25, -0.2) is 0 Å². The minimum absolute atomic E-state index is 0.405. The van der Waals surface area contributed by atoms with E-state index in [1.165, 1.54) is 24.8 Å². The quantitative estimate of drug-likeness (QED) is 0.582. The lowest BCUT2D eigenvalue weighted by Crippen LogP contribution is -2.30. The Morgan fingerprint density at radius 2 is 2.14 bits per heavy atom. The normalized spacial score (nSPS) is 12.5. The fourth-order valence-corrected chi connectivity index (χ4v) is 2.22. The van der Waals surface area contributed by atoms with Crippen molar-refractivity contribution in [1.82, 2.24) is 10.3 Å². The molecule has 0 aliphatic carbocycles. The number of aryl methyl sites for hydroxylation is 1. The van der Waals surface area contributed by atoms with E-state index >= 15 is 0 Å². The number of unbranched alkanes of at least 4 members (excludes halogenated alkanes) is 3. The highest BCUT2D eigenvalue weighted by Gasteiger charge is 2.05. The molecule has 0 bridgehead atoms. The third kappa shape index (κ3) is 8.15. The monoisotopic (exact) mass is 294 g/mol. The maximum absolute atomic E-state index is 9.85. The van der Waals surface area contributed by atoms with E-state index in [1.54, 1.807) is 0 Å². The van der Waals surface area contributed by atoms with Gasteiger partial charge in [-0.2, -0.15) is 0 Å². The van der Waals surface area contributed by atoms with Crippen molar-refractivity contribution < 1.29 is 9.84 Å². The average Bonchev–Trinajstić information content (AvgIpc) is 2.51. The molecule has 0 saturated carbocycles. The SMILES string of the molecule is CCCCCCOCC(O)CNCc1ncccc1CC. The Morgan fingerprint density at radius 1 is 1.29 bits per heavy atom. The maximum Gasteiger partial charge on any atom is 0.0897 e. The molecule has 1 atom stereocenters. The van der Waals surface area contributed by atoms with Gasteiger partial charge in [-0.15, -0.1) is 0 Å². The third-order valence-corrected chi connectivity index (χ3v) is 3.49. The largest absolute Gasteiger partial charge is 0.389 e. The van der Waals surface area contributed by atoms with Crippen LogP contribution in [-0.2, 0) is 17.7 Å².